The maximum Gasteiger partial charge on any atom is 0.301 e. The Balaban J connectivity index is 3.62. The SMILES string of the molecule is OCCC(F)=C(F)F. The van der Waals surface area contributed by atoms with Crippen LogP contribution in [-0.4, -0.2) is 11.7 Å². The molecular formula is C4H5F3O. The molecule has 0 bridgehead atoms. The molecule has 0 unspecified atom stereocenters. The molecule has 0 aliphatic rings. The summed E-state index contributed by atoms with van der Waals surface area (Å²) in [6.07, 6.45) is -2.94. The lowest BCUT2D eigenvalue weighted by molar-refractivity contribution is 0.276. The minimum atomic E-state index is -2.35. The minimum absolute atomic E-state index is 0.580. The zero-order valence-corrected chi connectivity index (χ0v) is 4.00. The molecule has 8 heavy (non-hydrogen) atoms. The maximum atomic E-state index is 11.5. The molecule has 0 radical (unpaired) electrons. The lowest BCUT2D eigenvalue weighted by atomic mass is 10.4. The summed E-state index contributed by atoms with van der Waals surface area (Å²) >= 11 is 0. The summed E-state index contributed by atoms with van der Waals surface area (Å²) in [5.41, 5.74) is 0. The summed E-state index contributed by atoms with van der Waals surface area (Å²) in [6.45, 7) is -0.580. The van der Waals surface area contributed by atoms with Crippen LogP contribution >= 0.6 is 0 Å². The van der Waals surface area contributed by atoms with Crippen LogP contribution in [0.25, 0.3) is 0 Å². The van der Waals surface area contributed by atoms with E-state index in [4.69, 9.17) is 5.11 Å². The molecule has 0 heterocycles. The molecule has 0 spiro atoms. The molecule has 0 aromatic heterocycles. The Morgan fingerprint density at radius 2 is 1.75 bits per heavy atom. The van der Waals surface area contributed by atoms with E-state index >= 15 is 0 Å². The number of hydrogen-bond donors (Lipinski definition) is 1. The zero-order valence-electron chi connectivity index (χ0n) is 4.00. The van der Waals surface area contributed by atoms with Gasteiger partial charge in [0.15, 0.2) is 5.83 Å². The molecule has 0 fully saturated rings. The van der Waals surface area contributed by atoms with Gasteiger partial charge in [-0.3, -0.25) is 0 Å². The van der Waals surface area contributed by atoms with Crippen LogP contribution in [0.1, 0.15) is 6.42 Å². The molecule has 0 saturated carbocycles. The van der Waals surface area contributed by atoms with E-state index in [9.17, 15) is 13.2 Å². The predicted octanol–water partition coefficient (Wildman–Crippen LogP) is 1.45. The van der Waals surface area contributed by atoms with E-state index in [2.05, 4.69) is 0 Å². The van der Waals surface area contributed by atoms with Gasteiger partial charge in [-0.15, -0.1) is 0 Å². The first-order valence-corrected chi connectivity index (χ1v) is 1.99. The van der Waals surface area contributed by atoms with Crippen LogP contribution in [0, 0.1) is 0 Å². The van der Waals surface area contributed by atoms with E-state index in [0.29, 0.717) is 0 Å². The van der Waals surface area contributed by atoms with E-state index in [-0.39, 0.29) is 0 Å². The van der Waals surface area contributed by atoms with E-state index in [1.165, 1.54) is 0 Å². The molecule has 0 aliphatic heterocycles. The third-order valence-corrected chi connectivity index (χ3v) is 0.536. The standard InChI is InChI=1S/C4H5F3O/c5-3(1-2-8)4(6)7/h8H,1-2H2. The minimum Gasteiger partial charge on any atom is -0.396 e. The van der Waals surface area contributed by atoms with Gasteiger partial charge in [-0.25, -0.2) is 4.39 Å². The predicted molar refractivity (Wildman–Crippen MR) is 22.1 cm³/mol. The van der Waals surface area contributed by atoms with Crippen molar-refractivity contribution in [3.05, 3.63) is 11.9 Å². The number of hydrogen-bond acceptors (Lipinski definition) is 1. The van der Waals surface area contributed by atoms with Crippen LogP contribution in [0.3, 0.4) is 0 Å². The van der Waals surface area contributed by atoms with Gasteiger partial charge in [-0.2, -0.15) is 8.78 Å². The Morgan fingerprint density at radius 3 is 1.88 bits per heavy atom. The van der Waals surface area contributed by atoms with Crippen molar-refractivity contribution in [1.82, 2.24) is 0 Å². The van der Waals surface area contributed by atoms with Gasteiger partial charge in [-0.05, 0) is 0 Å². The molecule has 48 valence electrons. The fourth-order valence-corrected chi connectivity index (χ4v) is 0.193. The van der Waals surface area contributed by atoms with Crippen LogP contribution < -0.4 is 0 Å². The molecule has 0 aliphatic carbocycles. The number of rotatable bonds is 2. The first-order chi connectivity index (χ1) is 3.68. The maximum absolute atomic E-state index is 11.5. The highest BCUT2D eigenvalue weighted by atomic mass is 19.3. The van der Waals surface area contributed by atoms with Gasteiger partial charge in [0, 0.05) is 13.0 Å². The van der Waals surface area contributed by atoms with E-state index < -0.39 is 24.9 Å². The van der Waals surface area contributed by atoms with Crippen LogP contribution in [0.15, 0.2) is 11.9 Å². The molecule has 0 saturated heterocycles. The second-order valence-corrected chi connectivity index (χ2v) is 1.14. The smallest absolute Gasteiger partial charge is 0.301 e. The molecule has 0 aromatic carbocycles. The average molecular weight is 126 g/mol. The van der Waals surface area contributed by atoms with E-state index in [1.54, 1.807) is 0 Å². The second kappa shape index (κ2) is 3.49. The summed E-state index contributed by atoms with van der Waals surface area (Å²) in [4.78, 5) is 0. The third-order valence-electron chi connectivity index (χ3n) is 0.536. The summed E-state index contributed by atoms with van der Waals surface area (Å²) in [5.74, 6) is -1.53. The first kappa shape index (κ1) is 7.49. The van der Waals surface area contributed by atoms with Gasteiger partial charge in [0.1, 0.15) is 0 Å². The molecule has 4 heteroatoms. The third kappa shape index (κ3) is 2.63. The van der Waals surface area contributed by atoms with E-state index in [1.807, 2.05) is 0 Å². The highest BCUT2D eigenvalue weighted by molar-refractivity contribution is 4.90. The number of aliphatic hydroxyl groups excluding tert-OH is 1. The van der Waals surface area contributed by atoms with Gasteiger partial charge in [0.05, 0.1) is 0 Å². The molecular weight excluding hydrogens is 121 g/mol. The van der Waals surface area contributed by atoms with Gasteiger partial charge >= 0.3 is 6.08 Å². The Hall–Kier alpha value is -0.510. The summed E-state index contributed by atoms with van der Waals surface area (Å²) in [7, 11) is 0. The van der Waals surface area contributed by atoms with Crippen LogP contribution in [0.5, 0.6) is 0 Å². The molecule has 0 amide bonds. The van der Waals surface area contributed by atoms with Crippen molar-refractivity contribution < 1.29 is 18.3 Å². The Kier molecular flexibility index (Phi) is 3.26. The van der Waals surface area contributed by atoms with E-state index in [0.717, 1.165) is 0 Å². The molecule has 0 atom stereocenters. The van der Waals surface area contributed by atoms with Crippen molar-refractivity contribution in [3.63, 3.8) is 0 Å². The Labute approximate surface area is 44.4 Å². The van der Waals surface area contributed by atoms with Crippen LogP contribution in [-0.2, 0) is 0 Å². The monoisotopic (exact) mass is 126 g/mol. The first-order valence-electron chi connectivity index (χ1n) is 1.99. The normalized spacial score (nSPS) is 9.00. The van der Waals surface area contributed by atoms with Crippen molar-refractivity contribution >= 4 is 0 Å². The highest BCUT2D eigenvalue weighted by Crippen LogP contribution is 2.11. The quantitative estimate of drug-likeness (QED) is 0.593. The summed E-state index contributed by atoms with van der Waals surface area (Å²) < 4.78 is 33.5. The van der Waals surface area contributed by atoms with Crippen molar-refractivity contribution in [2.24, 2.45) is 0 Å². The van der Waals surface area contributed by atoms with Crippen molar-refractivity contribution in [2.45, 2.75) is 6.42 Å². The van der Waals surface area contributed by atoms with Gasteiger partial charge < -0.3 is 5.11 Å². The zero-order chi connectivity index (χ0) is 6.57. The van der Waals surface area contributed by atoms with Crippen LogP contribution in [0.2, 0.25) is 0 Å². The van der Waals surface area contributed by atoms with Crippen molar-refractivity contribution in [2.75, 3.05) is 6.61 Å². The average Bonchev–Trinajstić information content (AvgIpc) is 1.67. The summed E-state index contributed by atoms with van der Waals surface area (Å²) in [5, 5.41) is 7.88. The Bertz CT molecular complexity index is 95.5. The highest BCUT2D eigenvalue weighted by Gasteiger charge is 2.01. The van der Waals surface area contributed by atoms with Crippen molar-refractivity contribution in [1.29, 1.82) is 0 Å². The Morgan fingerprint density at radius 1 is 1.25 bits per heavy atom. The number of aliphatic hydroxyl groups is 1. The lowest BCUT2D eigenvalue weighted by Crippen LogP contribution is -1.82. The molecule has 0 rings (SSSR count). The van der Waals surface area contributed by atoms with Crippen molar-refractivity contribution in [3.8, 4) is 0 Å². The molecule has 1 N–H and O–H groups in total. The largest absolute Gasteiger partial charge is 0.396 e. The fraction of sp³-hybridized carbons (Fsp3) is 0.500. The number of halogens is 3. The molecule has 0 aromatic rings. The molecule has 1 nitrogen and oxygen atoms in total. The second-order valence-electron chi connectivity index (χ2n) is 1.14. The van der Waals surface area contributed by atoms with Gasteiger partial charge in [-0.1, -0.05) is 0 Å². The lowest BCUT2D eigenvalue weighted by Gasteiger charge is -1.86. The summed E-state index contributed by atoms with van der Waals surface area (Å²) in [6, 6.07) is 0. The topological polar surface area (TPSA) is 20.2 Å². The van der Waals surface area contributed by atoms with Gasteiger partial charge in [0.25, 0.3) is 0 Å². The van der Waals surface area contributed by atoms with Crippen LogP contribution in [0.4, 0.5) is 13.2 Å². The van der Waals surface area contributed by atoms with Gasteiger partial charge in [0.2, 0.25) is 0 Å². The fourth-order valence-electron chi connectivity index (χ4n) is 0.193.